The van der Waals surface area contributed by atoms with E-state index in [1.165, 1.54) is 19.2 Å². The lowest BCUT2D eigenvalue weighted by atomic mass is 10.1. The van der Waals surface area contributed by atoms with E-state index in [4.69, 9.17) is 9.15 Å². The summed E-state index contributed by atoms with van der Waals surface area (Å²) in [6.45, 7) is 0.0989. The Morgan fingerprint density at radius 3 is 2.44 bits per heavy atom. The molecule has 0 unspecified atom stereocenters. The lowest BCUT2D eigenvalue weighted by Gasteiger charge is -2.09. The Balaban J connectivity index is 1.71. The van der Waals surface area contributed by atoms with Crippen LogP contribution in [0.5, 0.6) is 5.75 Å². The second kappa shape index (κ2) is 7.08. The Morgan fingerprint density at radius 2 is 1.84 bits per heavy atom. The van der Waals surface area contributed by atoms with Gasteiger partial charge < -0.3 is 9.15 Å². The highest BCUT2D eigenvalue weighted by molar-refractivity contribution is 7.89. The van der Waals surface area contributed by atoms with Gasteiger partial charge in [0, 0.05) is 12.1 Å². The molecule has 0 fully saturated rings. The van der Waals surface area contributed by atoms with Crippen molar-refractivity contribution in [3.63, 3.8) is 0 Å². The van der Waals surface area contributed by atoms with Crippen molar-refractivity contribution >= 4 is 10.0 Å². The predicted octanol–water partition coefficient (Wildman–Crippen LogP) is 3.57. The van der Waals surface area contributed by atoms with Gasteiger partial charge in [-0.1, -0.05) is 24.3 Å². The van der Waals surface area contributed by atoms with Gasteiger partial charge in [0.25, 0.3) is 0 Å². The van der Waals surface area contributed by atoms with Crippen LogP contribution in [0, 0.1) is 5.82 Å². The van der Waals surface area contributed by atoms with Gasteiger partial charge in [0.05, 0.1) is 24.5 Å². The van der Waals surface area contributed by atoms with Gasteiger partial charge in [-0.2, -0.15) is 0 Å². The molecule has 25 heavy (non-hydrogen) atoms. The molecule has 0 aliphatic rings. The number of rotatable bonds is 6. The lowest BCUT2D eigenvalue weighted by molar-refractivity contribution is 0.385. The van der Waals surface area contributed by atoms with E-state index in [0.717, 1.165) is 22.8 Å². The number of hydrogen-bond acceptors (Lipinski definition) is 4. The van der Waals surface area contributed by atoms with Gasteiger partial charge in [0.1, 0.15) is 0 Å². The summed E-state index contributed by atoms with van der Waals surface area (Å²) in [4.78, 5) is -0.152. The molecule has 1 N–H and O–H groups in total. The van der Waals surface area contributed by atoms with Gasteiger partial charge in [-0.15, -0.1) is 0 Å². The average molecular weight is 361 g/mol. The minimum atomic E-state index is -3.82. The molecule has 3 rings (SSSR count). The molecule has 7 heteroatoms. The van der Waals surface area contributed by atoms with Crippen LogP contribution in [-0.2, 0) is 16.6 Å². The van der Waals surface area contributed by atoms with Crippen molar-refractivity contribution in [2.75, 3.05) is 7.11 Å². The minimum absolute atomic E-state index is 0.00575. The monoisotopic (exact) mass is 361 g/mol. The van der Waals surface area contributed by atoms with E-state index < -0.39 is 15.8 Å². The quantitative estimate of drug-likeness (QED) is 0.729. The van der Waals surface area contributed by atoms with E-state index in [2.05, 4.69) is 4.72 Å². The van der Waals surface area contributed by atoms with E-state index >= 15 is 0 Å². The Morgan fingerprint density at radius 1 is 1.08 bits per heavy atom. The molecule has 130 valence electrons. The Hall–Kier alpha value is -2.64. The number of halogens is 1. The normalized spacial score (nSPS) is 11.4. The molecule has 0 spiro atoms. The van der Waals surface area contributed by atoms with E-state index in [9.17, 15) is 12.8 Å². The summed E-state index contributed by atoms with van der Waals surface area (Å²) in [7, 11) is -2.50. The summed E-state index contributed by atoms with van der Waals surface area (Å²) in [5, 5.41) is 0. The fraction of sp³-hybridized carbons (Fsp3) is 0.111. The molecular weight excluding hydrogens is 345 g/mol. The van der Waals surface area contributed by atoms with Crippen LogP contribution in [0.4, 0.5) is 4.39 Å². The first-order valence-electron chi connectivity index (χ1n) is 7.44. The highest BCUT2D eigenvalue weighted by Crippen LogP contribution is 2.22. The van der Waals surface area contributed by atoms with E-state index in [1.54, 1.807) is 12.5 Å². The zero-order chi connectivity index (χ0) is 17.9. The fourth-order valence-electron chi connectivity index (χ4n) is 2.32. The molecule has 0 radical (unpaired) electrons. The van der Waals surface area contributed by atoms with Crippen LogP contribution in [0.1, 0.15) is 5.56 Å². The first kappa shape index (κ1) is 17.2. The Kier molecular flexibility index (Phi) is 4.87. The number of ether oxygens (including phenoxy) is 1. The maximum absolute atomic E-state index is 13.7. The third-order valence-corrected chi connectivity index (χ3v) is 5.11. The largest absolute Gasteiger partial charge is 0.494 e. The molecule has 0 atom stereocenters. The molecule has 3 aromatic rings. The number of furan rings is 1. The van der Waals surface area contributed by atoms with Crippen LogP contribution in [0.15, 0.2) is 70.4 Å². The molecule has 0 amide bonds. The van der Waals surface area contributed by atoms with E-state index in [-0.39, 0.29) is 17.2 Å². The molecule has 0 aliphatic heterocycles. The molecule has 0 saturated carbocycles. The molecule has 5 nitrogen and oxygen atoms in total. The van der Waals surface area contributed by atoms with E-state index in [0.29, 0.717) is 0 Å². The van der Waals surface area contributed by atoms with E-state index in [1.807, 2.05) is 30.3 Å². The summed E-state index contributed by atoms with van der Waals surface area (Å²) >= 11 is 0. The van der Waals surface area contributed by atoms with Gasteiger partial charge in [-0.25, -0.2) is 17.5 Å². The standard InChI is InChI=1S/C18H16FNO4S/c1-23-18-7-6-16(10-17(18)19)25(21,22)20-11-13-2-4-14(5-3-13)15-8-9-24-12-15/h2-10,12,20H,11H2,1H3. The third kappa shape index (κ3) is 3.89. The first-order chi connectivity index (χ1) is 12.0. The predicted molar refractivity (Wildman–Crippen MR) is 91.1 cm³/mol. The number of sulfonamides is 1. The second-order valence-electron chi connectivity index (χ2n) is 5.33. The molecule has 0 saturated heterocycles. The van der Waals surface area contributed by atoms with Crippen molar-refractivity contribution in [1.82, 2.24) is 4.72 Å². The van der Waals surface area contributed by atoms with Crippen molar-refractivity contribution in [3.8, 4) is 16.9 Å². The Labute approximate surface area is 145 Å². The summed E-state index contributed by atoms with van der Waals surface area (Å²) < 4.78 is 50.5. The van der Waals surface area contributed by atoms with Crippen LogP contribution in [0.2, 0.25) is 0 Å². The van der Waals surface area contributed by atoms with Gasteiger partial charge in [0.2, 0.25) is 10.0 Å². The molecule has 1 aromatic heterocycles. The zero-order valence-electron chi connectivity index (χ0n) is 13.4. The molecular formula is C18H16FNO4S. The lowest BCUT2D eigenvalue weighted by Crippen LogP contribution is -2.23. The minimum Gasteiger partial charge on any atom is -0.494 e. The van der Waals surface area contributed by atoms with Crippen molar-refractivity contribution < 1.29 is 22.0 Å². The average Bonchev–Trinajstić information content (AvgIpc) is 3.15. The molecule has 0 bridgehead atoms. The van der Waals surface area contributed by atoms with Gasteiger partial charge in [-0.3, -0.25) is 0 Å². The first-order valence-corrected chi connectivity index (χ1v) is 8.92. The number of hydrogen-bond donors (Lipinski definition) is 1. The van der Waals surface area contributed by atoms with Crippen LogP contribution in [-0.4, -0.2) is 15.5 Å². The van der Waals surface area contributed by atoms with Gasteiger partial charge in [-0.05, 0) is 35.4 Å². The van der Waals surface area contributed by atoms with Crippen LogP contribution >= 0.6 is 0 Å². The smallest absolute Gasteiger partial charge is 0.240 e. The summed E-state index contributed by atoms with van der Waals surface area (Å²) in [5.74, 6) is -0.733. The Bertz CT molecular complexity index is 951. The number of methoxy groups -OCH3 is 1. The molecule has 1 heterocycles. The summed E-state index contributed by atoms with van der Waals surface area (Å²) in [6.07, 6.45) is 3.22. The number of nitrogens with one attached hydrogen (secondary N) is 1. The maximum Gasteiger partial charge on any atom is 0.240 e. The van der Waals surface area contributed by atoms with Crippen molar-refractivity contribution in [2.24, 2.45) is 0 Å². The van der Waals surface area contributed by atoms with Gasteiger partial charge in [0.15, 0.2) is 11.6 Å². The van der Waals surface area contributed by atoms with Crippen molar-refractivity contribution in [1.29, 1.82) is 0 Å². The third-order valence-electron chi connectivity index (χ3n) is 3.71. The SMILES string of the molecule is COc1ccc(S(=O)(=O)NCc2ccc(-c3ccoc3)cc2)cc1F. The highest BCUT2D eigenvalue weighted by atomic mass is 32.2. The van der Waals surface area contributed by atoms with Crippen LogP contribution in [0.25, 0.3) is 11.1 Å². The fourth-order valence-corrected chi connectivity index (χ4v) is 3.35. The van der Waals surface area contributed by atoms with Crippen molar-refractivity contribution in [2.45, 2.75) is 11.4 Å². The van der Waals surface area contributed by atoms with Crippen molar-refractivity contribution in [3.05, 3.63) is 72.4 Å². The second-order valence-corrected chi connectivity index (χ2v) is 7.10. The topological polar surface area (TPSA) is 68.5 Å². The van der Waals surface area contributed by atoms with Crippen LogP contribution < -0.4 is 9.46 Å². The number of benzene rings is 2. The highest BCUT2D eigenvalue weighted by Gasteiger charge is 2.16. The summed E-state index contributed by atoms with van der Waals surface area (Å²) in [6, 6.07) is 12.7. The summed E-state index contributed by atoms with van der Waals surface area (Å²) in [5.41, 5.74) is 2.70. The van der Waals surface area contributed by atoms with Gasteiger partial charge >= 0.3 is 0 Å². The molecule has 2 aromatic carbocycles. The zero-order valence-corrected chi connectivity index (χ0v) is 14.2. The molecule has 0 aliphatic carbocycles. The maximum atomic E-state index is 13.7. The van der Waals surface area contributed by atoms with Crippen LogP contribution in [0.3, 0.4) is 0 Å².